The summed E-state index contributed by atoms with van der Waals surface area (Å²) in [5.41, 5.74) is 1.52. The SMILES string of the molecule is CNCc1cc(CN2CC(C)SC(C)C2)c(C)s1. The van der Waals surface area contributed by atoms with E-state index in [4.69, 9.17) is 0 Å². The molecule has 0 aromatic carbocycles. The van der Waals surface area contributed by atoms with Crippen LogP contribution in [0.15, 0.2) is 6.07 Å². The lowest BCUT2D eigenvalue weighted by atomic mass is 10.2. The van der Waals surface area contributed by atoms with E-state index in [-0.39, 0.29) is 0 Å². The standard InChI is InChI=1S/C14H24N2S2/c1-10-7-16(8-11(2)17-10)9-13-5-14(6-15-4)18-12(13)3/h5,10-11,15H,6-9H2,1-4H3. The van der Waals surface area contributed by atoms with Gasteiger partial charge in [0.25, 0.3) is 0 Å². The summed E-state index contributed by atoms with van der Waals surface area (Å²) in [4.78, 5) is 5.56. The van der Waals surface area contributed by atoms with Gasteiger partial charge in [0.05, 0.1) is 0 Å². The molecule has 1 N–H and O–H groups in total. The average molecular weight is 284 g/mol. The lowest BCUT2D eigenvalue weighted by molar-refractivity contribution is 0.263. The van der Waals surface area contributed by atoms with Gasteiger partial charge in [0.2, 0.25) is 0 Å². The van der Waals surface area contributed by atoms with Gasteiger partial charge in [-0.1, -0.05) is 13.8 Å². The van der Waals surface area contributed by atoms with Crippen molar-refractivity contribution in [1.29, 1.82) is 0 Å². The van der Waals surface area contributed by atoms with E-state index in [1.807, 2.05) is 18.4 Å². The highest BCUT2D eigenvalue weighted by molar-refractivity contribution is 8.00. The maximum absolute atomic E-state index is 3.24. The Morgan fingerprint density at radius 2 is 2.00 bits per heavy atom. The van der Waals surface area contributed by atoms with Gasteiger partial charge in [-0.15, -0.1) is 11.3 Å². The van der Waals surface area contributed by atoms with Crippen LogP contribution in [0.5, 0.6) is 0 Å². The minimum Gasteiger partial charge on any atom is -0.315 e. The highest BCUT2D eigenvalue weighted by Gasteiger charge is 2.22. The van der Waals surface area contributed by atoms with Gasteiger partial charge in [-0.2, -0.15) is 11.8 Å². The number of nitrogens with zero attached hydrogens (tertiary/aromatic N) is 1. The molecule has 2 unspecified atom stereocenters. The van der Waals surface area contributed by atoms with E-state index in [0.717, 1.165) is 23.6 Å². The molecule has 4 heteroatoms. The van der Waals surface area contributed by atoms with Crippen molar-refractivity contribution in [3.8, 4) is 0 Å². The van der Waals surface area contributed by atoms with Crippen molar-refractivity contribution in [3.63, 3.8) is 0 Å². The molecular weight excluding hydrogens is 260 g/mol. The molecule has 0 bridgehead atoms. The van der Waals surface area contributed by atoms with Crippen molar-refractivity contribution in [2.45, 2.75) is 44.4 Å². The Morgan fingerprint density at radius 1 is 1.33 bits per heavy atom. The Morgan fingerprint density at radius 3 is 2.61 bits per heavy atom. The summed E-state index contributed by atoms with van der Waals surface area (Å²) in [5, 5.41) is 4.77. The molecule has 18 heavy (non-hydrogen) atoms. The van der Waals surface area contributed by atoms with Crippen LogP contribution in [-0.4, -0.2) is 35.5 Å². The summed E-state index contributed by atoms with van der Waals surface area (Å²) in [6.07, 6.45) is 0. The highest BCUT2D eigenvalue weighted by Crippen LogP contribution is 2.28. The molecule has 1 aliphatic heterocycles. The second kappa shape index (κ2) is 6.42. The fraction of sp³-hybridized carbons (Fsp3) is 0.714. The van der Waals surface area contributed by atoms with Gasteiger partial charge in [-0.25, -0.2) is 0 Å². The third-order valence-corrected chi connectivity index (χ3v) is 5.63. The number of rotatable bonds is 4. The maximum Gasteiger partial charge on any atom is 0.0296 e. The first-order valence-electron chi connectivity index (χ1n) is 6.69. The molecule has 1 fully saturated rings. The van der Waals surface area contributed by atoms with Crippen LogP contribution in [0.4, 0.5) is 0 Å². The van der Waals surface area contributed by atoms with Crippen molar-refractivity contribution < 1.29 is 0 Å². The first kappa shape index (κ1) is 14.4. The molecule has 2 rings (SSSR count). The maximum atomic E-state index is 3.24. The molecule has 1 aromatic heterocycles. The molecule has 2 atom stereocenters. The summed E-state index contributed by atoms with van der Waals surface area (Å²) in [5.74, 6) is 0. The van der Waals surface area contributed by atoms with Gasteiger partial charge in [0, 0.05) is 46.4 Å². The third kappa shape index (κ3) is 3.73. The Bertz CT molecular complexity index is 379. The predicted octanol–water partition coefficient (Wildman–Crippen LogP) is 3.10. The quantitative estimate of drug-likeness (QED) is 0.914. The van der Waals surface area contributed by atoms with E-state index in [1.54, 1.807) is 0 Å². The molecule has 2 heterocycles. The van der Waals surface area contributed by atoms with Crippen LogP contribution in [0.25, 0.3) is 0 Å². The first-order valence-corrected chi connectivity index (χ1v) is 8.45. The lowest BCUT2D eigenvalue weighted by Crippen LogP contribution is -2.39. The molecule has 1 aliphatic rings. The fourth-order valence-corrected chi connectivity index (χ4v) is 5.11. The number of thioether (sulfide) groups is 1. The van der Waals surface area contributed by atoms with Crippen LogP contribution < -0.4 is 5.32 Å². The fourth-order valence-electron chi connectivity index (χ4n) is 2.66. The minimum absolute atomic E-state index is 0.768. The van der Waals surface area contributed by atoms with Crippen LogP contribution in [0, 0.1) is 6.92 Å². The van der Waals surface area contributed by atoms with Gasteiger partial charge >= 0.3 is 0 Å². The van der Waals surface area contributed by atoms with Gasteiger partial charge < -0.3 is 5.32 Å². The summed E-state index contributed by atoms with van der Waals surface area (Å²) < 4.78 is 0. The van der Waals surface area contributed by atoms with Crippen LogP contribution in [0.2, 0.25) is 0 Å². The zero-order chi connectivity index (χ0) is 13.1. The van der Waals surface area contributed by atoms with Gasteiger partial charge in [-0.05, 0) is 25.6 Å². The number of nitrogens with one attached hydrogen (secondary N) is 1. The monoisotopic (exact) mass is 284 g/mol. The lowest BCUT2D eigenvalue weighted by Gasteiger charge is -2.34. The van der Waals surface area contributed by atoms with Gasteiger partial charge in [0.1, 0.15) is 0 Å². The van der Waals surface area contributed by atoms with E-state index in [2.05, 4.69) is 48.8 Å². The molecule has 102 valence electrons. The van der Waals surface area contributed by atoms with E-state index in [1.165, 1.54) is 28.4 Å². The summed E-state index contributed by atoms with van der Waals surface area (Å²) in [7, 11) is 2.01. The van der Waals surface area contributed by atoms with Crippen LogP contribution in [0.1, 0.15) is 29.2 Å². The molecule has 1 aromatic rings. The topological polar surface area (TPSA) is 15.3 Å². The van der Waals surface area contributed by atoms with Crippen molar-refractivity contribution in [1.82, 2.24) is 10.2 Å². The van der Waals surface area contributed by atoms with E-state index in [0.29, 0.717) is 0 Å². The Kier molecular flexibility index (Phi) is 5.13. The number of hydrogen-bond donors (Lipinski definition) is 1. The van der Waals surface area contributed by atoms with Crippen LogP contribution in [0.3, 0.4) is 0 Å². The second-order valence-corrected chi connectivity index (χ2v) is 8.50. The minimum atomic E-state index is 0.768. The number of aryl methyl sites for hydroxylation is 1. The zero-order valence-corrected chi connectivity index (χ0v) is 13.5. The number of hydrogen-bond acceptors (Lipinski definition) is 4. The number of thiophene rings is 1. The van der Waals surface area contributed by atoms with Crippen molar-refractivity contribution in [2.75, 3.05) is 20.1 Å². The largest absolute Gasteiger partial charge is 0.315 e. The molecule has 1 saturated heterocycles. The van der Waals surface area contributed by atoms with Crippen molar-refractivity contribution >= 4 is 23.1 Å². The van der Waals surface area contributed by atoms with E-state index < -0.39 is 0 Å². The van der Waals surface area contributed by atoms with Crippen molar-refractivity contribution in [3.05, 3.63) is 21.4 Å². The molecular formula is C14H24N2S2. The third-order valence-electron chi connectivity index (χ3n) is 3.31. The van der Waals surface area contributed by atoms with E-state index in [9.17, 15) is 0 Å². The van der Waals surface area contributed by atoms with Crippen LogP contribution in [-0.2, 0) is 13.1 Å². The molecule has 0 saturated carbocycles. The summed E-state index contributed by atoms with van der Waals surface area (Å²) in [6.45, 7) is 11.5. The molecule has 0 radical (unpaired) electrons. The van der Waals surface area contributed by atoms with E-state index >= 15 is 0 Å². The predicted molar refractivity (Wildman–Crippen MR) is 83.6 cm³/mol. The van der Waals surface area contributed by atoms with Gasteiger partial charge in [-0.3, -0.25) is 4.90 Å². The normalized spacial score (nSPS) is 25.6. The molecule has 0 amide bonds. The van der Waals surface area contributed by atoms with Crippen molar-refractivity contribution in [2.24, 2.45) is 0 Å². The summed E-state index contributed by atoms with van der Waals surface area (Å²) in [6, 6.07) is 2.38. The Balaban J connectivity index is 1.99. The molecule has 2 nitrogen and oxygen atoms in total. The summed E-state index contributed by atoms with van der Waals surface area (Å²) >= 11 is 4.06. The van der Waals surface area contributed by atoms with Gasteiger partial charge in [0.15, 0.2) is 0 Å². The Hall–Kier alpha value is -0.0300. The zero-order valence-electron chi connectivity index (χ0n) is 11.8. The first-order chi connectivity index (χ1) is 8.58. The van der Waals surface area contributed by atoms with Crippen LogP contribution >= 0.6 is 23.1 Å². The molecule has 0 spiro atoms. The average Bonchev–Trinajstić information content (AvgIpc) is 2.58. The molecule has 0 aliphatic carbocycles. The Labute approximate surface area is 119 Å². The second-order valence-electron chi connectivity index (χ2n) is 5.28. The highest BCUT2D eigenvalue weighted by atomic mass is 32.2. The smallest absolute Gasteiger partial charge is 0.0296 e.